The number of benzene rings is 8. The van der Waals surface area contributed by atoms with Crippen molar-refractivity contribution in [3.05, 3.63) is 198 Å². The maximum absolute atomic E-state index is 2.46. The van der Waals surface area contributed by atoms with E-state index in [1.54, 1.807) is 0 Å². The summed E-state index contributed by atoms with van der Waals surface area (Å²) in [6.07, 6.45) is 0. The zero-order valence-electron chi connectivity index (χ0n) is 30.7. The Kier molecular flexibility index (Phi) is 6.94. The van der Waals surface area contributed by atoms with Crippen LogP contribution in [-0.4, -0.2) is 0 Å². The van der Waals surface area contributed by atoms with Crippen molar-refractivity contribution in [3.63, 3.8) is 0 Å². The number of hydrogen-bond donors (Lipinski definition) is 0. The molecule has 0 N–H and O–H groups in total. The molecule has 1 nitrogen and oxygen atoms in total. The van der Waals surface area contributed by atoms with Crippen molar-refractivity contribution < 1.29 is 0 Å². The van der Waals surface area contributed by atoms with Gasteiger partial charge in [0.25, 0.3) is 0 Å². The number of anilines is 3. The van der Waals surface area contributed by atoms with Gasteiger partial charge in [0.05, 0.1) is 5.69 Å². The van der Waals surface area contributed by atoms with Crippen molar-refractivity contribution in [2.75, 3.05) is 4.90 Å². The Balaban J connectivity index is 1.17. The summed E-state index contributed by atoms with van der Waals surface area (Å²) in [6, 6.07) is 65.3. The molecule has 0 aliphatic heterocycles. The fraction of sp³-hybridized carbons (Fsp3) is 0.115. The van der Waals surface area contributed by atoms with Gasteiger partial charge in [0.15, 0.2) is 0 Å². The molecule has 8 aromatic carbocycles. The van der Waals surface area contributed by atoms with Gasteiger partial charge in [-0.05, 0) is 108 Å². The van der Waals surface area contributed by atoms with E-state index in [0.29, 0.717) is 0 Å². The monoisotopic (exact) mass is 679 g/mol. The summed E-state index contributed by atoms with van der Waals surface area (Å²) in [5, 5.41) is 2.46. The highest BCUT2D eigenvalue weighted by molar-refractivity contribution is 5.99. The van der Waals surface area contributed by atoms with E-state index in [1.165, 1.54) is 77.5 Å². The van der Waals surface area contributed by atoms with Crippen LogP contribution in [0.3, 0.4) is 0 Å². The van der Waals surface area contributed by atoms with Crippen molar-refractivity contribution in [2.24, 2.45) is 0 Å². The summed E-state index contributed by atoms with van der Waals surface area (Å²) in [5.41, 5.74) is 19.1. The lowest BCUT2D eigenvalue weighted by atomic mass is 9.81. The molecule has 10 rings (SSSR count). The molecule has 0 heterocycles. The molecule has 0 atom stereocenters. The minimum atomic E-state index is -0.0744. The summed E-state index contributed by atoms with van der Waals surface area (Å²) in [4.78, 5) is 2.46. The highest BCUT2D eigenvalue weighted by Gasteiger charge is 2.37. The first kappa shape index (κ1) is 31.5. The second-order valence-corrected chi connectivity index (χ2v) is 15.8. The van der Waals surface area contributed by atoms with Gasteiger partial charge in [-0.25, -0.2) is 0 Å². The Morgan fingerprint density at radius 2 is 0.906 bits per heavy atom. The molecule has 0 amide bonds. The lowest BCUT2D eigenvalue weighted by molar-refractivity contribution is 0.660. The zero-order valence-corrected chi connectivity index (χ0v) is 30.7. The van der Waals surface area contributed by atoms with Crippen LogP contribution in [0.15, 0.2) is 176 Å². The molecule has 2 aliphatic carbocycles. The first-order chi connectivity index (χ1) is 25.8. The van der Waals surface area contributed by atoms with E-state index in [1.807, 2.05) is 0 Å². The first-order valence-corrected chi connectivity index (χ1v) is 18.8. The van der Waals surface area contributed by atoms with Gasteiger partial charge < -0.3 is 4.90 Å². The van der Waals surface area contributed by atoms with Crippen molar-refractivity contribution >= 4 is 27.8 Å². The molecule has 0 fully saturated rings. The molecule has 2 aliphatic rings. The van der Waals surface area contributed by atoms with Crippen LogP contribution in [0.5, 0.6) is 0 Å². The number of hydrogen-bond acceptors (Lipinski definition) is 1. The molecule has 0 aromatic heterocycles. The normalized spacial score (nSPS) is 14.3. The maximum atomic E-state index is 2.46. The van der Waals surface area contributed by atoms with E-state index in [4.69, 9.17) is 0 Å². The Labute approximate surface area is 312 Å². The van der Waals surface area contributed by atoms with Gasteiger partial charge in [-0.2, -0.15) is 0 Å². The van der Waals surface area contributed by atoms with Gasteiger partial charge >= 0.3 is 0 Å². The molecule has 8 aromatic rings. The van der Waals surface area contributed by atoms with E-state index in [0.717, 1.165) is 17.1 Å². The summed E-state index contributed by atoms with van der Waals surface area (Å²) < 4.78 is 0. The third-order valence-electron chi connectivity index (χ3n) is 12.1. The summed E-state index contributed by atoms with van der Waals surface area (Å²) in [7, 11) is 0. The number of rotatable bonds is 5. The molecular formula is C52H41N. The van der Waals surface area contributed by atoms with Crippen LogP contribution in [-0.2, 0) is 10.8 Å². The third-order valence-corrected chi connectivity index (χ3v) is 12.1. The van der Waals surface area contributed by atoms with Crippen molar-refractivity contribution in [1.82, 2.24) is 0 Å². The second kappa shape index (κ2) is 11.7. The fourth-order valence-electron chi connectivity index (χ4n) is 9.33. The maximum Gasteiger partial charge on any atom is 0.0540 e. The molecule has 0 bridgehead atoms. The largest absolute Gasteiger partial charge is 0.310 e. The minimum absolute atomic E-state index is 0.0568. The topological polar surface area (TPSA) is 3.24 Å². The Morgan fingerprint density at radius 3 is 1.74 bits per heavy atom. The standard InChI is InChI=1S/C52H41N/c1-51(2)46-24-11-8-21-44(46)50-43(22-14-25-47(50)51)42-20-9-12-26-49(42)53(39-29-27-34-15-5-6-16-35(34)31-39)38-18-13-17-36(32-38)37-28-30-41-40-19-7-10-23-45(40)52(3,4)48(41)33-37/h5-33H,1-4H3. The quantitative estimate of drug-likeness (QED) is 0.175. The second-order valence-electron chi connectivity index (χ2n) is 15.8. The van der Waals surface area contributed by atoms with Crippen LogP contribution in [0.2, 0.25) is 0 Å². The summed E-state index contributed by atoms with van der Waals surface area (Å²) >= 11 is 0. The van der Waals surface area contributed by atoms with Crippen molar-refractivity contribution in [2.45, 2.75) is 38.5 Å². The lowest BCUT2D eigenvalue weighted by Gasteiger charge is -2.29. The fourth-order valence-corrected chi connectivity index (χ4v) is 9.33. The highest BCUT2D eigenvalue weighted by atomic mass is 15.1. The van der Waals surface area contributed by atoms with Crippen molar-refractivity contribution in [1.29, 1.82) is 0 Å². The molecule has 1 heteroatoms. The van der Waals surface area contributed by atoms with Crippen LogP contribution in [0.4, 0.5) is 17.1 Å². The van der Waals surface area contributed by atoms with Gasteiger partial charge in [0.1, 0.15) is 0 Å². The van der Waals surface area contributed by atoms with Gasteiger partial charge in [0.2, 0.25) is 0 Å². The average molecular weight is 680 g/mol. The van der Waals surface area contributed by atoms with Gasteiger partial charge in [-0.15, -0.1) is 0 Å². The van der Waals surface area contributed by atoms with Crippen molar-refractivity contribution in [3.8, 4) is 44.5 Å². The molecule has 0 radical (unpaired) electrons. The van der Waals surface area contributed by atoms with Crippen LogP contribution in [0, 0.1) is 0 Å². The van der Waals surface area contributed by atoms with Crippen LogP contribution >= 0.6 is 0 Å². The molecule has 0 unspecified atom stereocenters. The van der Waals surface area contributed by atoms with Gasteiger partial charge in [0, 0.05) is 27.8 Å². The molecular weight excluding hydrogens is 639 g/mol. The highest BCUT2D eigenvalue weighted by Crippen LogP contribution is 2.54. The third kappa shape index (κ3) is 4.77. The van der Waals surface area contributed by atoms with E-state index >= 15 is 0 Å². The van der Waals surface area contributed by atoms with E-state index in [-0.39, 0.29) is 10.8 Å². The Morgan fingerprint density at radius 1 is 0.340 bits per heavy atom. The SMILES string of the molecule is CC1(C)c2ccccc2-c2ccc(-c3cccc(N(c4ccc5ccccc5c4)c4ccccc4-c4cccc5c4-c4ccccc4C5(C)C)c3)cc21. The van der Waals surface area contributed by atoms with E-state index in [2.05, 4.69) is 209 Å². The average Bonchev–Trinajstić information content (AvgIpc) is 3.58. The van der Waals surface area contributed by atoms with Gasteiger partial charge in [-0.1, -0.05) is 167 Å². The van der Waals surface area contributed by atoms with E-state index < -0.39 is 0 Å². The Hall–Kier alpha value is -6.18. The molecule has 0 saturated heterocycles. The number of fused-ring (bicyclic) bond motifs is 7. The predicted octanol–water partition coefficient (Wildman–Crippen LogP) is 14.3. The van der Waals surface area contributed by atoms with Crippen LogP contribution < -0.4 is 4.90 Å². The molecule has 0 saturated carbocycles. The Bertz CT molecular complexity index is 2740. The minimum Gasteiger partial charge on any atom is -0.310 e. The lowest BCUT2D eigenvalue weighted by Crippen LogP contribution is -2.15. The molecule has 0 spiro atoms. The smallest absolute Gasteiger partial charge is 0.0540 e. The number of para-hydroxylation sites is 1. The summed E-state index contributed by atoms with van der Waals surface area (Å²) in [6.45, 7) is 9.43. The van der Waals surface area contributed by atoms with E-state index in [9.17, 15) is 0 Å². The van der Waals surface area contributed by atoms with Crippen LogP contribution in [0.1, 0.15) is 49.9 Å². The zero-order chi connectivity index (χ0) is 35.9. The number of nitrogens with zero attached hydrogens (tertiary/aromatic N) is 1. The molecule has 53 heavy (non-hydrogen) atoms. The first-order valence-electron chi connectivity index (χ1n) is 18.8. The summed E-state index contributed by atoms with van der Waals surface area (Å²) in [5.74, 6) is 0. The van der Waals surface area contributed by atoms with Crippen LogP contribution in [0.25, 0.3) is 55.3 Å². The van der Waals surface area contributed by atoms with Gasteiger partial charge in [-0.3, -0.25) is 0 Å². The predicted molar refractivity (Wildman–Crippen MR) is 225 cm³/mol. The molecule has 254 valence electrons.